The van der Waals surface area contributed by atoms with Gasteiger partial charge >= 0.3 is 18.3 Å². The first-order valence-electron chi connectivity index (χ1n) is 17.9. The number of ether oxygens (including phenoxy) is 3. The number of hydrogen-bond acceptors (Lipinski definition) is 8. The van der Waals surface area contributed by atoms with E-state index in [-0.39, 0.29) is 24.9 Å². The predicted octanol–water partition coefficient (Wildman–Crippen LogP) is 9.19. The number of carbonyl (C=O) groups excluding carboxylic acids is 4. The van der Waals surface area contributed by atoms with Gasteiger partial charge in [-0.15, -0.1) is 0 Å². The smallest absolute Gasteiger partial charge is 0.420 e. The molecule has 53 heavy (non-hydrogen) atoms. The van der Waals surface area contributed by atoms with Gasteiger partial charge in [0.25, 0.3) is 5.91 Å². The molecule has 0 aromatic heterocycles. The molecular formula is C42H52N4O7. The van der Waals surface area contributed by atoms with Crippen LogP contribution >= 0.6 is 0 Å². The van der Waals surface area contributed by atoms with Crippen LogP contribution in [0.4, 0.5) is 20.1 Å². The number of piperidine rings is 1. The Morgan fingerprint density at radius 3 is 1.79 bits per heavy atom. The summed E-state index contributed by atoms with van der Waals surface area (Å²) in [5, 5.41) is 9.39. The summed E-state index contributed by atoms with van der Waals surface area (Å²) in [6.45, 7) is 17.0. The molecular weight excluding hydrogens is 672 g/mol. The molecule has 0 aliphatic carbocycles. The van der Waals surface area contributed by atoms with Crippen LogP contribution in [0.5, 0.6) is 0 Å². The molecule has 0 radical (unpaired) electrons. The van der Waals surface area contributed by atoms with Gasteiger partial charge in [0.05, 0.1) is 24.7 Å². The van der Waals surface area contributed by atoms with Crippen molar-refractivity contribution in [1.82, 2.24) is 9.80 Å². The molecule has 3 aromatic carbocycles. The molecule has 0 spiro atoms. The van der Waals surface area contributed by atoms with Crippen molar-refractivity contribution in [3.05, 3.63) is 101 Å². The van der Waals surface area contributed by atoms with Crippen LogP contribution in [0.3, 0.4) is 0 Å². The highest BCUT2D eigenvalue weighted by atomic mass is 16.6. The fourth-order valence-electron chi connectivity index (χ4n) is 5.87. The van der Waals surface area contributed by atoms with E-state index in [9.17, 15) is 24.4 Å². The summed E-state index contributed by atoms with van der Waals surface area (Å²) >= 11 is 0. The highest BCUT2D eigenvalue weighted by molar-refractivity contribution is 5.97. The maximum atomic E-state index is 13.8. The lowest BCUT2D eigenvalue weighted by Gasteiger charge is -2.33. The van der Waals surface area contributed by atoms with Gasteiger partial charge in [0.2, 0.25) is 0 Å². The van der Waals surface area contributed by atoms with Gasteiger partial charge in [0.15, 0.2) is 0 Å². The fourth-order valence-corrected chi connectivity index (χ4v) is 5.87. The van der Waals surface area contributed by atoms with Crippen LogP contribution in [0, 0.1) is 11.3 Å². The number of nitriles is 1. The lowest BCUT2D eigenvalue weighted by atomic mass is 9.88. The number of amides is 4. The van der Waals surface area contributed by atoms with E-state index >= 15 is 0 Å². The molecule has 282 valence electrons. The van der Waals surface area contributed by atoms with Gasteiger partial charge in [0, 0.05) is 24.3 Å². The van der Waals surface area contributed by atoms with Crippen molar-refractivity contribution >= 4 is 29.9 Å². The summed E-state index contributed by atoms with van der Waals surface area (Å²) in [5.74, 6) is 0.0219. The van der Waals surface area contributed by atoms with Crippen LogP contribution in [-0.4, -0.2) is 63.9 Å². The summed E-state index contributed by atoms with van der Waals surface area (Å²) in [4.78, 5) is 57.7. The third kappa shape index (κ3) is 12.1. The van der Waals surface area contributed by atoms with Crippen molar-refractivity contribution in [2.24, 2.45) is 0 Å². The third-order valence-electron chi connectivity index (χ3n) is 8.19. The van der Waals surface area contributed by atoms with Gasteiger partial charge in [0.1, 0.15) is 16.8 Å². The average molecular weight is 725 g/mol. The van der Waals surface area contributed by atoms with E-state index in [0.29, 0.717) is 29.9 Å². The minimum absolute atomic E-state index is 0.0184. The summed E-state index contributed by atoms with van der Waals surface area (Å²) in [5.41, 5.74) is 1.66. The van der Waals surface area contributed by atoms with Crippen molar-refractivity contribution < 1.29 is 33.4 Å². The summed E-state index contributed by atoms with van der Waals surface area (Å²) in [6.07, 6.45) is -0.690. The molecule has 0 N–H and O–H groups in total. The number of carbonyl (C=O) groups is 4. The standard InChI is InChI=1S/C42H52N4O7/c1-40(2,3)51-37(48)45(27-30-14-10-13-29(23-30)26-43)35-18-12-17-34(25-35)36(47)44-21-19-32(20-22-44)33-16-11-15-31(24-33)28-46(38(49)52-41(4,5)6)39(50)53-42(7,8)9/h10-18,23-25,32H,19-22,27-28H2,1-9H3. The fraction of sp³-hybridized carbons (Fsp3) is 0.452. The topological polar surface area (TPSA) is 129 Å². The number of rotatable bonds is 7. The Morgan fingerprint density at radius 1 is 0.698 bits per heavy atom. The van der Waals surface area contributed by atoms with Gasteiger partial charge in [-0.3, -0.25) is 9.69 Å². The Morgan fingerprint density at radius 2 is 1.23 bits per heavy atom. The van der Waals surface area contributed by atoms with E-state index < -0.39 is 35.1 Å². The first-order chi connectivity index (χ1) is 24.7. The van der Waals surface area contributed by atoms with Crippen LogP contribution in [0.2, 0.25) is 0 Å². The summed E-state index contributed by atoms with van der Waals surface area (Å²) < 4.78 is 16.8. The van der Waals surface area contributed by atoms with Gasteiger partial charge in [-0.1, -0.05) is 42.5 Å². The Hall–Kier alpha value is -5.37. The lowest BCUT2D eigenvalue weighted by molar-refractivity contribution is -0.000317. The molecule has 11 heteroatoms. The molecule has 0 saturated carbocycles. The maximum Gasteiger partial charge on any atom is 0.420 e. The van der Waals surface area contributed by atoms with Crippen LogP contribution < -0.4 is 4.90 Å². The first-order valence-corrected chi connectivity index (χ1v) is 17.9. The third-order valence-corrected chi connectivity index (χ3v) is 8.19. The van der Waals surface area contributed by atoms with Crippen molar-refractivity contribution in [3.63, 3.8) is 0 Å². The normalized spacial score (nSPS) is 13.8. The van der Waals surface area contributed by atoms with Crippen LogP contribution in [0.1, 0.15) is 114 Å². The van der Waals surface area contributed by atoms with Crippen molar-refractivity contribution in [1.29, 1.82) is 5.26 Å². The quantitative estimate of drug-likeness (QED) is 0.221. The second-order valence-corrected chi connectivity index (χ2v) is 16.3. The summed E-state index contributed by atoms with van der Waals surface area (Å²) in [6, 6.07) is 23.9. The van der Waals surface area contributed by atoms with Crippen molar-refractivity contribution in [2.75, 3.05) is 18.0 Å². The van der Waals surface area contributed by atoms with Gasteiger partial charge in [-0.2, -0.15) is 5.26 Å². The second kappa shape index (κ2) is 16.5. The minimum Gasteiger partial charge on any atom is -0.443 e. The zero-order valence-electron chi connectivity index (χ0n) is 32.4. The second-order valence-electron chi connectivity index (χ2n) is 16.3. The molecule has 0 unspecified atom stereocenters. The highest BCUT2D eigenvalue weighted by Gasteiger charge is 2.32. The first kappa shape index (κ1) is 40.4. The molecule has 1 aliphatic heterocycles. The van der Waals surface area contributed by atoms with E-state index in [1.54, 1.807) is 105 Å². The molecule has 0 bridgehead atoms. The molecule has 11 nitrogen and oxygen atoms in total. The van der Waals surface area contributed by atoms with Crippen LogP contribution in [0.15, 0.2) is 72.8 Å². The van der Waals surface area contributed by atoms with E-state index in [1.807, 2.05) is 35.2 Å². The molecule has 0 atom stereocenters. The number of hydrogen-bond donors (Lipinski definition) is 0. The number of benzene rings is 3. The van der Waals surface area contributed by atoms with Crippen LogP contribution in [-0.2, 0) is 27.3 Å². The van der Waals surface area contributed by atoms with E-state index in [4.69, 9.17) is 14.2 Å². The van der Waals surface area contributed by atoms with E-state index in [2.05, 4.69) is 6.07 Å². The molecule has 3 aromatic rings. The lowest BCUT2D eigenvalue weighted by Crippen LogP contribution is -2.43. The zero-order valence-corrected chi connectivity index (χ0v) is 32.4. The SMILES string of the molecule is CC(C)(C)OC(=O)N(Cc1cccc(C2CCN(C(=O)c3cccc(N(Cc4cccc(C#N)c4)C(=O)OC(C)(C)C)c3)CC2)c1)C(=O)OC(C)(C)C. The average Bonchev–Trinajstić information content (AvgIpc) is 3.07. The Kier molecular flexibility index (Phi) is 12.6. The molecule has 1 fully saturated rings. The van der Waals surface area contributed by atoms with Crippen LogP contribution in [0.25, 0.3) is 0 Å². The van der Waals surface area contributed by atoms with Crippen molar-refractivity contribution in [2.45, 2.75) is 111 Å². The van der Waals surface area contributed by atoms with Gasteiger partial charge < -0.3 is 19.1 Å². The largest absolute Gasteiger partial charge is 0.443 e. The Balaban J connectivity index is 1.47. The molecule has 4 amide bonds. The minimum atomic E-state index is -0.797. The monoisotopic (exact) mass is 724 g/mol. The van der Waals surface area contributed by atoms with E-state index in [0.717, 1.165) is 34.4 Å². The number of imide groups is 1. The summed E-state index contributed by atoms with van der Waals surface area (Å²) in [7, 11) is 0. The molecule has 1 aliphatic rings. The Labute approximate surface area is 313 Å². The zero-order chi connectivity index (χ0) is 39.1. The van der Waals surface area contributed by atoms with Gasteiger partial charge in [-0.05, 0) is 128 Å². The van der Waals surface area contributed by atoms with E-state index in [1.165, 1.54) is 4.90 Å². The van der Waals surface area contributed by atoms with Crippen molar-refractivity contribution in [3.8, 4) is 6.07 Å². The predicted molar refractivity (Wildman–Crippen MR) is 202 cm³/mol. The number of anilines is 1. The highest BCUT2D eigenvalue weighted by Crippen LogP contribution is 2.31. The number of nitrogens with zero attached hydrogens (tertiary/aromatic N) is 4. The molecule has 1 saturated heterocycles. The Bertz CT molecular complexity index is 1810. The molecule has 1 heterocycles. The molecule has 4 rings (SSSR count). The number of likely N-dealkylation sites (tertiary alicyclic amines) is 1. The van der Waals surface area contributed by atoms with Gasteiger partial charge in [-0.25, -0.2) is 19.3 Å². The maximum absolute atomic E-state index is 13.8.